The highest BCUT2D eigenvalue weighted by atomic mass is 16.7. The number of benzene rings is 4. The molecule has 4 aliphatic carbocycles. The van der Waals surface area contributed by atoms with Gasteiger partial charge >= 0.3 is 6.03 Å². The molecule has 268 valence electrons. The number of hydrogen-bond donors (Lipinski definition) is 3. The SMILES string of the molecule is C[C@@H]1[C@H](Cn2cnc3ccccc32)O[C@H](c2ccc(-c3ccccc3CNC(=O)NC34CC5CC(CC(C5)C3)C4)cc2)O[C@@H]1c1ccc(CO)cc1. The third kappa shape index (κ3) is 6.53. The first-order valence-electron chi connectivity index (χ1n) is 19.1. The first-order valence-corrected chi connectivity index (χ1v) is 19.1. The van der Waals surface area contributed by atoms with Crippen molar-refractivity contribution in [3.63, 3.8) is 0 Å². The van der Waals surface area contributed by atoms with Crippen LogP contribution in [0, 0.1) is 23.7 Å². The lowest BCUT2D eigenvalue weighted by Crippen LogP contribution is -2.61. The van der Waals surface area contributed by atoms with Gasteiger partial charge in [-0.2, -0.15) is 0 Å². The first kappa shape index (κ1) is 33.3. The number of fused-ring (bicyclic) bond motifs is 1. The number of aliphatic hydroxyl groups excluding tert-OH is 1. The number of aliphatic hydroxyl groups is 1. The second-order valence-corrected chi connectivity index (χ2v) is 16.0. The Labute approximate surface area is 305 Å². The number of imidazole rings is 1. The second kappa shape index (κ2) is 13.8. The Balaban J connectivity index is 0.922. The van der Waals surface area contributed by atoms with E-state index in [9.17, 15) is 9.90 Å². The van der Waals surface area contributed by atoms with Gasteiger partial charge in [0.1, 0.15) is 0 Å². The third-order valence-electron chi connectivity index (χ3n) is 12.4. The van der Waals surface area contributed by atoms with Crippen molar-refractivity contribution >= 4 is 17.1 Å². The molecule has 3 N–H and O–H groups in total. The largest absolute Gasteiger partial charge is 0.392 e. The fourth-order valence-electron chi connectivity index (χ4n) is 10.2. The molecule has 0 radical (unpaired) electrons. The summed E-state index contributed by atoms with van der Waals surface area (Å²) in [6, 6.07) is 32.9. The molecule has 4 aromatic carbocycles. The first-order chi connectivity index (χ1) is 25.4. The highest BCUT2D eigenvalue weighted by Gasteiger charge is 2.51. The smallest absolute Gasteiger partial charge is 0.315 e. The van der Waals surface area contributed by atoms with Gasteiger partial charge in [0.05, 0.1) is 42.7 Å². The summed E-state index contributed by atoms with van der Waals surface area (Å²) in [5, 5.41) is 16.3. The topological polar surface area (TPSA) is 97.6 Å². The van der Waals surface area contributed by atoms with Crippen LogP contribution in [0.1, 0.15) is 80.1 Å². The van der Waals surface area contributed by atoms with Gasteiger partial charge < -0.3 is 29.8 Å². The molecule has 1 saturated heterocycles. The van der Waals surface area contributed by atoms with Crippen molar-refractivity contribution < 1.29 is 19.4 Å². The van der Waals surface area contributed by atoms with Gasteiger partial charge in [0, 0.05) is 23.6 Å². The van der Waals surface area contributed by atoms with Gasteiger partial charge in [-0.3, -0.25) is 0 Å². The molecule has 0 unspecified atom stereocenters. The Hall–Kier alpha value is -4.50. The van der Waals surface area contributed by atoms with Crippen LogP contribution in [0.25, 0.3) is 22.2 Å². The summed E-state index contributed by atoms with van der Waals surface area (Å²) in [5.41, 5.74) is 8.14. The van der Waals surface area contributed by atoms with Gasteiger partial charge in [-0.05, 0) is 96.2 Å². The van der Waals surface area contributed by atoms with E-state index in [-0.39, 0.29) is 36.3 Å². The number of nitrogens with one attached hydrogen (secondary N) is 2. The summed E-state index contributed by atoms with van der Waals surface area (Å²) < 4.78 is 15.7. The minimum atomic E-state index is -0.572. The van der Waals surface area contributed by atoms with E-state index in [1.807, 2.05) is 48.8 Å². The van der Waals surface area contributed by atoms with Gasteiger partial charge in [-0.15, -0.1) is 0 Å². The molecule has 0 spiro atoms. The zero-order chi connectivity index (χ0) is 35.2. The molecule has 52 heavy (non-hydrogen) atoms. The summed E-state index contributed by atoms with van der Waals surface area (Å²) in [4.78, 5) is 17.9. The molecule has 5 aromatic rings. The quantitative estimate of drug-likeness (QED) is 0.144. The molecule has 4 saturated carbocycles. The molecule has 10 rings (SSSR count). The fourth-order valence-corrected chi connectivity index (χ4v) is 10.2. The Bertz CT molecular complexity index is 2000. The highest BCUT2D eigenvalue weighted by Crippen LogP contribution is 2.55. The van der Waals surface area contributed by atoms with E-state index in [1.54, 1.807) is 0 Å². The van der Waals surface area contributed by atoms with Crippen LogP contribution in [0.5, 0.6) is 0 Å². The van der Waals surface area contributed by atoms with Crippen molar-refractivity contribution in [2.75, 3.05) is 0 Å². The maximum atomic E-state index is 13.3. The Morgan fingerprint density at radius 1 is 0.846 bits per heavy atom. The van der Waals surface area contributed by atoms with E-state index in [2.05, 4.69) is 81.7 Å². The highest BCUT2D eigenvalue weighted by molar-refractivity contribution is 5.76. The van der Waals surface area contributed by atoms with Crippen molar-refractivity contribution in [3.8, 4) is 11.1 Å². The molecule has 8 nitrogen and oxygen atoms in total. The number of carbonyl (C=O) groups excluding carboxylic acids is 1. The predicted molar refractivity (Wildman–Crippen MR) is 201 cm³/mol. The van der Waals surface area contributed by atoms with Crippen LogP contribution in [-0.4, -0.2) is 32.3 Å². The monoisotopic (exact) mass is 696 g/mol. The molecular formula is C44H48N4O4. The molecule has 4 bridgehead atoms. The summed E-state index contributed by atoms with van der Waals surface area (Å²) in [7, 11) is 0. The predicted octanol–water partition coefficient (Wildman–Crippen LogP) is 8.46. The molecule has 4 atom stereocenters. The standard InChI is InChI=1S/C44H48N4O4/c1-28-40(25-48-27-46-38-8-4-5-9-39(38)48)51-42(52-41(28)34-12-10-29(26-49)11-13-34)35-16-14-33(15-17-35)37-7-3-2-6-36(37)24-45-43(50)47-44-21-30-18-31(22-44)20-32(19-30)23-44/h2-17,27-28,30-32,40-42,49H,18-26H2,1H3,(H2,45,47,50)/t28-,30?,31?,32?,40+,41+,42+,44?/m1/s1. The van der Waals surface area contributed by atoms with Crippen LogP contribution >= 0.6 is 0 Å². The van der Waals surface area contributed by atoms with Crippen molar-refractivity contribution in [1.29, 1.82) is 0 Å². The summed E-state index contributed by atoms with van der Waals surface area (Å²) in [6.07, 6.45) is 8.46. The number of urea groups is 1. The molecule has 1 aromatic heterocycles. The van der Waals surface area contributed by atoms with Gasteiger partial charge in [0.25, 0.3) is 0 Å². The number of rotatable bonds is 9. The number of carbonyl (C=O) groups is 1. The normalized spacial score (nSPS) is 29.3. The van der Waals surface area contributed by atoms with Crippen LogP contribution in [0.3, 0.4) is 0 Å². The van der Waals surface area contributed by atoms with Crippen LogP contribution in [0.2, 0.25) is 0 Å². The van der Waals surface area contributed by atoms with Crippen LogP contribution in [0.4, 0.5) is 4.79 Å². The lowest BCUT2D eigenvalue weighted by atomic mass is 9.53. The number of hydrogen-bond acceptors (Lipinski definition) is 5. The Morgan fingerprint density at radius 2 is 1.52 bits per heavy atom. The fraction of sp³-hybridized carbons (Fsp3) is 0.409. The number of aromatic nitrogens is 2. The molecule has 1 aliphatic heterocycles. The number of nitrogens with zero attached hydrogens (tertiary/aromatic N) is 2. The maximum Gasteiger partial charge on any atom is 0.315 e. The number of amides is 2. The number of para-hydroxylation sites is 2. The lowest BCUT2D eigenvalue weighted by Gasteiger charge is -2.56. The van der Waals surface area contributed by atoms with Gasteiger partial charge in [-0.25, -0.2) is 9.78 Å². The second-order valence-electron chi connectivity index (χ2n) is 16.0. The Morgan fingerprint density at radius 3 is 2.25 bits per heavy atom. The van der Waals surface area contributed by atoms with Gasteiger partial charge in [0.15, 0.2) is 6.29 Å². The van der Waals surface area contributed by atoms with E-state index in [4.69, 9.17) is 9.47 Å². The minimum absolute atomic E-state index is 0.00397. The van der Waals surface area contributed by atoms with Crippen molar-refractivity contribution in [2.45, 2.75) is 89.2 Å². The van der Waals surface area contributed by atoms with E-state index >= 15 is 0 Å². The summed E-state index contributed by atoms with van der Waals surface area (Å²) in [5.74, 6) is 2.41. The average Bonchev–Trinajstić information content (AvgIpc) is 3.57. The van der Waals surface area contributed by atoms with Crippen LogP contribution in [-0.2, 0) is 29.2 Å². The Kier molecular flexibility index (Phi) is 8.85. The zero-order valence-corrected chi connectivity index (χ0v) is 29.8. The van der Waals surface area contributed by atoms with E-state index in [0.717, 1.165) is 81.4 Å². The van der Waals surface area contributed by atoms with E-state index < -0.39 is 6.29 Å². The third-order valence-corrected chi connectivity index (χ3v) is 12.4. The number of ether oxygens (including phenoxy) is 2. The molecule has 2 heterocycles. The van der Waals surface area contributed by atoms with E-state index in [0.29, 0.717) is 13.1 Å². The summed E-state index contributed by atoms with van der Waals surface area (Å²) in [6.45, 7) is 3.29. The van der Waals surface area contributed by atoms with Crippen molar-refractivity contribution in [1.82, 2.24) is 20.2 Å². The van der Waals surface area contributed by atoms with Crippen LogP contribution in [0.15, 0.2) is 103 Å². The van der Waals surface area contributed by atoms with Gasteiger partial charge in [-0.1, -0.05) is 91.9 Å². The van der Waals surface area contributed by atoms with Crippen LogP contribution < -0.4 is 10.6 Å². The average molecular weight is 697 g/mol. The molecule has 8 heteroatoms. The lowest BCUT2D eigenvalue weighted by molar-refractivity contribution is -0.276. The molecule has 2 amide bonds. The van der Waals surface area contributed by atoms with Crippen molar-refractivity contribution in [3.05, 3.63) is 126 Å². The van der Waals surface area contributed by atoms with Gasteiger partial charge in [0.2, 0.25) is 0 Å². The van der Waals surface area contributed by atoms with E-state index in [1.165, 1.54) is 19.3 Å². The molecule has 5 fully saturated rings. The van der Waals surface area contributed by atoms with Crippen molar-refractivity contribution in [2.24, 2.45) is 23.7 Å². The zero-order valence-electron chi connectivity index (χ0n) is 29.8. The molecular weight excluding hydrogens is 649 g/mol. The summed E-state index contributed by atoms with van der Waals surface area (Å²) >= 11 is 0. The maximum absolute atomic E-state index is 13.3. The molecule has 5 aliphatic rings. The minimum Gasteiger partial charge on any atom is -0.392 e.